The van der Waals surface area contributed by atoms with Crippen molar-refractivity contribution >= 4 is 34.4 Å². The van der Waals surface area contributed by atoms with Crippen molar-refractivity contribution in [2.75, 3.05) is 11.9 Å². The summed E-state index contributed by atoms with van der Waals surface area (Å²) in [7, 11) is 0. The first-order chi connectivity index (χ1) is 12.7. The fourth-order valence-electron chi connectivity index (χ4n) is 3.84. The normalized spacial score (nSPS) is 27.9. The van der Waals surface area contributed by atoms with Gasteiger partial charge < -0.3 is 15.2 Å². The Balaban J connectivity index is 1.67. The highest BCUT2D eigenvalue weighted by molar-refractivity contribution is 7.14. The van der Waals surface area contributed by atoms with Gasteiger partial charge in [-0.15, -0.1) is 11.3 Å². The zero-order valence-corrected chi connectivity index (χ0v) is 16.5. The standard InChI is InChI=1S/C18H25N3O5S/c1-10(2)7-11-8-18(3,26-15(11)23)13-9-27-16(19-13)20-14(22)12-5-4-6-21(12)17(24)25/h9-12H,4-8H2,1-3H3,(H,24,25)(H,19,20,22). The van der Waals surface area contributed by atoms with E-state index in [2.05, 4.69) is 24.1 Å². The van der Waals surface area contributed by atoms with Gasteiger partial charge in [0.1, 0.15) is 6.04 Å². The maximum atomic E-state index is 12.4. The quantitative estimate of drug-likeness (QED) is 0.742. The van der Waals surface area contributed by atoms with Crippen molar-refractivity contribution in [1.82, 2.24) is 9.88 Å². The summed E-state index contributed by atoms with van der Waals surface area (Å²) in [6.45, 7) is 6.35. The molecule has 9 heteroatoms. The van der Waals surface area contributed by atoms with Crippen LogP contribution < -0.4 is 5.32 Å². The van der Waals surface area contributed by atoms with Gasteiger partial charge in [-0.05, 0) is 32.1 Å². The van der Waals surface area contributed by atoms with E-state index in [1.165, 1.54) is 11.3 Å². The summed E-state index contributed by atoms with van der Waals surface area (Å²) in [5.41, 5.74) is -0.180. The number of carboxylic acid groups (broad SMARTS) is 1. The fraction of sp³-hybridized carbons (Fsp3) is 0.667. The van der Waals surface area contributed by atoms with Crippen molar-refractivity contribution in [3.05, 3.63) is 11.1 Å². The number of likely N-dealkylation sites (tertiary alicyclic amines) is 1. The number of amides is 2. The molecule has 27 heavy (non-hydrogen) atoms. The van der Waals surface area contributed by atoms with Crippen LogP contribution >= 0.6 is 11.3 Å². The number of hydrogen-bond acceptors (Lipinski definition) is 6. The second-order valence-corrected chi connectivity index (χ2v) is 8.70. The molecule has 2 aliphatic heterocycles. The molecule has 0 spiro atoms. The lowest BCUT2D eigenvalue weighted by Gasteiger charge is -2.21. The number of nitrogens with zero attached hydrogens (tertiary/aromatic N) is 2. The van der Waals surface area contributed by atoms with Crippen LogP contribution in [0.5, 0.6) is 0 Å². The van der Waals surface area contributed by atoms with Crippen molar-refractivity contribution in [1.29, 1.82) is 0 Å². The monoisotopic (exact) mass is 395 g/mol. The summed E-state index contributed by atoms with van der Waals surface area (Å²) in [5.74, 6) is -0.314. The van der Waals surface area contributed by atoms with Crippen LogP contribution in [0, 0.1) is 11.8 Å². The SMILES string of the molecule is CC(C)CC1CC(C)(c2csc(NC(=O)C3CCCN3C(=O)O)n2)OC1=O. The third-order valence-electron chi connectivity index (χ3n) is 5.13. The minimum absolute atomic E-state index is 0.141. The average Bonchev–Trinajstić information content (AvgIpc) is 3.27. The van der Waals surface area contributed by atoms with Crippen LogP contribution in [0.15, 0.2) is 5.38 Å². The third-order valence-corrected chi connectivity index (χ3v) is 5.89. The minimum Gasteiger partial charge on any atom is -0.465 e. The second-order valence-electron chi connectivity index (χ2n) is 7.84. The van der Waals surface area contributed by atoms with E-state index in [0.29, 0.717) is 42.6 Å². The van der Waals surface area contributed by atoms with Crippen LogP contribution in [0.1, 0.15) is 52.1 Å². The van der Waals surface area contributed by atoms with E-state index in [9.17, 15) is 19.5 Å². The summed E-state index contributed by atoms with van der Waals surface area (Å²) in [5, 5.41) is 14.1. The zero-order chi connectivity index (χ0) is 19.8. The number of rotatable bonds is 5. The Morgan fingerprint density at radius 2 is 2.26 bits per heavy atom. The van der Waals surface area contributed by atoms with Gasteiger partial charge in [-0.3, -0.25) is 14.5 Å². The molecule has 2 N–H and O–H groups in total. The molecule has 0 aromatic carbocycles. The summed E-state index contributed by atoms with van der Waals surface area (Å²) >= 11 is 1.25. The number of thiazole rings is 1. The summed E-state index contributed by atoms with van der Waals surface area (Å²) in [4.78, 5) is 41.4. The second kappa shape index (κ2) is 7.46. The zero-order valence-electron chi connectivity index (χ0n) is 15.7. The molecule has 0 aliphatic carbocycles. The van der Waals surface area contributed by atoms with Crippen LogP contribution in [0.2, 0.25) is 0 Å². The van der Waals surface area contributed by atoms with Gasteiger partial charge in [0.05, 0.1) is 11.6 Å². The van der Waals surface area contributed by atoms with Crippen LogP contribution in [0.25, 0.3) is 0 Å². The van der Waals surface area contributed by atoms with Crippen molar-refractivity contribution in [2.24, 2.45) is 11.8 Å². The highest BCUT2D eigenvalue weighted by atomic mass is 32.1. The predicted octanol–water partition coefficient (Wildman–Crippen LogP) is 3.05. The molecule has 3 rings (SSSR count). The van der Waals surface area contributed by atoms with Crippen molar-refractivity contribution < 1.29 is 24.2 Å². The Bertz CT molecular complexity index is 749. The molecule has 8 nitrogen and oxygen atoms in total. The number of ether oxygens (including phenoxy) is 1. The molecule has 2 aliphatic rings. The topological polar surface area (TPSA) is 109 Å². The first-order valence-corrected chi connectivity index (χ1v) is 10.1. The molecule has 0 radical (unpaired) electrons. The van der Waals surface area contributed by atoms with Crippen LogP contribution in [0.4, 0.5) is 9.93 Å². The van der Waals surface area contributed by atoms with Crippen LogP contribution in [-0.2, 0) is 19.9 Å². The molecule has 2 amide bonds. The van der Waals surface area contributed by atoms with E-state index < -0.39 is 17.7 Å². The van der Waals surface area contributed by atoms with E-state index in [0.717, 1.165) is 11.3 Å². The highest BCUT2D eigenvalue weighted by Crippen LogP contribution is 2.42. The number of anilines is 1. The fourth-order valence-corrected chi connectivity index (χ4v) is 4.67. The molecule has 2 fully saturated rings. The lowest BCUT2D eigenvalue weighted by molar-refractivity contribution is -0.150. The lowest BCUT2D eigenvalue weighted by Crippen LogP contribution is -2.42. The number of esters is 1. The highest BCUT2D eigenvalue weighted by Gasteiger charge is 2.46. The van der Waals surface area contributed by atoms with E-state index in [-0.39, 0.29) is 17.8 Å². The Kier molecular flexibility index (Phi) is 5.41. The Hall–Kier alpha value is -2.16. The van der Waals surface area contributed by atoms with Gasteiger partial charge in [0.15, 0.2) is 10.7 Å². The minimum atomic E-state index is -1.09. The smallest absolute Gasteiger partial charge is 0.407 e. The number of carbonyl (C=O) groups is 3. The summed E-state index contributed by atoms with van der Waals surface area (Å²) < 4.78 is 5.62. The first kappa shape index (κ1) is 19.6. The number of nitrogens with one attached hydrogen (secondary N) is 1. The van der Waals surface area contributed by atoms with Crippen LogP contribution in [-0.4, -0.2) is 45.5 Å². The summed E-state index contributed by atoms with van der Waals surface area (Å²) in [6, 6.07) is -0.690. The van der Waals surface area contributed by atoms with Gasteiger partial charge >= 0.3 is 12.1 Å². The molecule has 3 unspecified atom stereocenters. The van der Waals surface area contributed by atoms with Crippen molar-refractivity contribution in [3.63, 3.8) is 0 Å². The molecule has 148 valence electrons. The molecule has 0 saturated carbocycles. The molecular weight excluding hydrogens is 370 g/mol. The van der Waals surface area contributed by atoms with Gasteiger partial charge in [-0.2, -0.15) is 0 Å². The number of aromatic nitrogens is 1. The molecule has 2 saturated heterocycles. The van der Waals surface area contributed by atoms with Crippen molar-refractivity contribution in [3.8, 4) is 0 Å². The largest absolute Gasteiger partial charge is 0.465 e. The van der Waals surface area contributed by atoms with E-state index in [1.807, 2.05) is 6.92 Å². The van der Waals surface area contributed by atoms with Gasteiger partial charge in [0, 0.05) is 18.3 Å². The molecule has 3 atom stereocenters. The Morgan fingerprint density at radius 3 is 2.93 bits per heavy atom. The number of hydrogen-bond donors (Lipinski definition) is 2. The van der Waals surface area contributed by atoms with Gasteiger partial charge in [0.2, 0.25) is 5.91 Å². The Labute approximate surface area is 161 Å². The number of carbonyl (C=O) groups excluding carboxylic acids is 2. The predicted molar refractivity (Wildman–Crippen MR) is 99.5 cm³/mol. The maximum absolute atomic E-state index is 12.4. The lowest BCUT2D eigenvalue weighted by atomic mass is 9.88. The van der Waals surface area contributed by atoms with Gasteiger partial charge in [-0.25, -0.2) is 9.78 Å². The number of cyclic esters (lactones) is 1. The average molecular weight is 395 g/mol. The van der Waals surface area contributed by atoms with E-state index in [1.54, 1.807) is 5.38 Å². The van der Waals surface area contributed by atoms with Gasteiger partial charge in [-0.1, -0.05) is 13.8 Å². The van der Waals surface area contributed by atoms with E-state index >= 15 is 0 Å². The molecule has 3 heterocycles. The Morgan fingerprint density at radius 1 is 1.52 bits per heavy atom. The van der Waals surface area contributed by atoms with Crippen LogP contribution in [0.3, 0.4) is 0 Å². The maximum Gasteiger partial charge on any atom is 0.407 e. The van der Waals surface area contributed by atoms with E-state index in [4.69, 9.17) is 4.74 Å². The van der Waals surface area contributed by atoms with Crippen molar-refractivity contribution in [2.45, 2.75) is 58.1 Å². The van der Waals surface area contributed by atoms with Gasteiger partial charge in [0.25, 0.3) is 0 Å². The molecule has 0 bridgehead atoms. The summed E-state index contributed by atoms with van der Waals surface area (Å²) in [6.07, 6.45) is 1.42. The first-order valence-electron chi connectivity index (χ1n) is 9.19. The third kappa shape index (κ3) is 4.07. The molecule has 1 aromatic heterocycles. The molecule has 1 aromatic rings. The molecular formula is C18H25N3O5S.